The number of thiazole rings is 1. The molecule has 0 aliphatic heterocycles. The molecule has 4 rings (SSSR count). The van der Waals surface area contributed by atoms with E-state index in [-0.39, 0.29) is 12.1 Å². The van der Waals surface area contributed by atoms with Gasteiger partial charge in [0.1, 0.15) is 11.5 Å². The summed E-state index contributed by atoms with van der Waals surface area (Å²) < 4.78 is 6.91. The molecule has 6 heteroatoms. The second kappa shape index (κ2) is 6.75. The Morgan fingerprint density at radius 3 is 2.75 bits per heavy atom. The topological polar surface area (TPSA) is 67.3 Å². The largest absolute Gasteiger partial charge is 0.457 e. The van der Waals surface area contributed by atoms with Crippen LogP contribution < -0.4 is 10.1 Å². The number of fused-ring (bicyclic) bond motifs is 1. The van der Waals surface area contributed by atoms with E-state index in [1.165, 1.54) is 0 Å². The average Bonchev–Trinajstić information content (AvgIpc) is 2.99. The third-order valence-electron chi connectivity index (χ3n) is 4.28. The Bertz CT molecular complexity index is 822. The quantitative estimate of drug-likeness (QED) is 0.744. The van der Waals surface area contributed by atoms with Gasteiger partial charge in [0.25, 0.3) is 0 Å². The van der Waals surface area contributed by atoms with Gasteiger partial charge in [-0.15, -0.1) is 0 Å². The third kappa shape index (κ3) is 3.34. The standard InChI is InChI=1S/C18H19N3O2S/c22-16-4-2-1-3-14(16)20-18-21-15-6-5-13(11-17(15)24-18)23-12-7-9-19-10-8-12/h5-11,14,16,22H,1-4H2,(H,20,21)/t14-,16-/m1/s1. The monoisotopic (exact) mass is 341 g/mol. The number of aliphatic hydroxyl groups excluding tert-OH is 1. The predicted molar refractivity (Wildman–Crippen MR) is 95.8 cm³/mol. The Morgan fingerprint density at radius 1 is 1.08 bits per heavy atom. The van der Waals surface area contributed by atoms with E-state index in [1.807, 2.05) is 30.3 Å². The lowest BCUT2D eigenvalue weighted by Crippen LogP contribution is -2.36. The highest BCUT2D eigenvalue weighted by molar-refractivity contribution is 7.22. The van der Waals surface area contributed by atoms with Crippen LogP contribution >= 0.6 is 11.3 Å². The molecule has 1 fully saturated rings. The molecule has 2 atom stereocenters. The van der Waals surface area contributed by atoms with E-state index in [9.17, 15) is 5.11 Å². The highest BCUT2D eigenvalue weighted by atomic mass is 32.1. The van der Waals surface area contributed by atoms with Crippen LogP contribution in [0.1, 0.15) is 25.7 Å². The highest BCUT2D eigenvalue weighted by Crippen LogP contribution is 2.32. The van der Waals surface area contributed by atoms with Crippen LogP contribution in [-0.4, -0.2) is 27.2 Å². The molecule has 3 aromatic rings. The van der Waals surface area contributed by atoms with Crippen molar-refractivity contribution in [3.63, 3.8) is 0 Å². The number of aromatic nitrogens is 2. The Hall–Kier alpha value is -2.18. The normalized spacial score (nSPS) is 20.9. The van der Waals surface area contributed by atoms with E-state index in [1.54, 1.807) is 23.7 Å². The van der Waals surface area contributed by atoms with E-state index in [2.05, 4.69) is 15.3 Å². The Balaban J connectivity index is 1.52. The second-order valence-electron chi connectivity index (χ2n) is 6.04. The molecular weight excluding hydrogens is 322 g/mol. The van der Waals surface area contributed by atoms with Crippen molar-refractivity contribution in [2.75, 3.05) is 5.32 Å². The fourth-order valence-electron chi connectivity index (χ4n) is 3.01. The number of aliphatic hydroxyl groups is 1. The van der Waals surface area contributed by atoms with E-state index >= 15 is 0 Å². The third-order valence-corrected chi connectivity index (χ3v) is 5.23. The number of rotatable bonds is 4. The summed E-state index contributed by atoms with van der Waals surface area (Å²) in [6.07, 6.45) is 7.26. The van der Waals surface area contributed by atoms with Gasteiger partial charge in [-0.3, -0.25) is 4.98 Å². The lowest BCUT2D eigenvalue weighted by atomic mass is 9.93. The molecule has 0 bridgehead atoms. The summed E-state index contributed by atoms with van der Waals surface area (Å²) in [7, 11) is 0. The predicted octanol–water partition coefficient (Wildman–Crippen LogP) is 4.20. The van der Waals surface area contributed by atoms with Gasteiger partial charge in [0.2, 0.25) is 0 Å². The number of nitrogens with zero attached hydrogens (tertiary/aromatic N) is 2. The zero-order valence-electron chi connectivity index (χ0n) is 13.2. The molecular formula is C18H19N3O2S. The van der Waals surface area contributed by atoms with Crippen molar-refractivity contribution >= 4 is 26.7 Å². The van der Waals surface area contributed by atoms with Crippen molar-refractivity contribution in [2.24, 2.45) is 0 Å². The van der Waals surface area contributed by atoms with Crippen LogP contribution in [0.4, 0.5) is 5.13 Å². The fraction of sp³-hybridized carbons (Fsp3) is 0.333. The first-order chi connectivity index (χ1) is 11.8. The zero-order chi connectivity index (χ0) is 16.4. The summed E-state index contributed by atoms with van der Waals surface area (Å²) >= 11 is 1.59. The summed E-state index contributed by atoms with van der Waals surface area (Å²) in [5, 5.41) is 14.4. The Labute approximate surface area is 144 Å². The molecule has 0 unspecified atom stereocenters. The maximum Gasteiger partial charge on any atom is 0.184 e. The van der Waals surface area contributed by atoms with Crippen molar-refractivity contribution < 1.29 is 9.84 Å². The van der Waals surface area contributed by atoms with Gasteiger partial charge in [0.15, 0.2) is 5.13 Å². The minimum absolute atomic E-state index is 0.104. The highest BCUT2D eigenvalue weighted by Gasteiger charge is 2.23. The number of hydrogen-bond acceptors (Lipinski definition) is 6. The number of ether oxygens (including phenoxy) is 1. The van der Waals surface area contributed by atoms with Gasteiger partial charge in [-0.1, -0.05) is 24.2 Å². The molecule has 0 amide bonds. The van der Waals surface area contributed by atoms with Gasteiger partial charge in [-0.05, 0) is 37.1 Å². The second-order valence-corrected chi connectivity index (χ2v) is 7.07. The fourth-order valence-corrected chi connectivity index (χ4v) is 3.97. The zero-order valence-corrected chi connectivity index (χ0v) is 14.0. The van der Waals surface area contributed by atoms with Crippen LogP contribution in [0.3, 0.4) is 0 Å². The minimum Gasteiger partial charge on any atom is -0.457 e. The number of pyridine rings is 1. The van der Waals surface area contributed by atoms with E-state index in [4.69, 9.17) is 4.74 Å². The van der Waals surface area contributed by atoms with Crippen molar-refractivity contribution in [3.05, 3.63) is 42.7 Å². The summed E-state index contributed by atoms with van der Waals surface area (Å²) in [6, 6.07) is 9.64. The van der Waals surface area contributed by atoms with Gasteiger partial charge in [-0.2, -0.15) is 0 Å². The van der Waals surface area contributed by atoms with Gasteiger partial charge >= 0.3 is 0 Å². The molecule has 0 radical (unpaired) electrons. The number of anilines is 1. The molecule has 1 aromatic carbocycles. The molecule has 2 aromatic heterocycles. The molecule has 2 heterocycles. The van der Waals surface area contributed by atoms with Crippen LogP contribution in [0.2, 0.25) is 0 Å². The number of hydrogen-bond donors (Lipinski definition) is 2. The maximum atomic E-state index is 10.1. The number of benzene rings is 1. The summed E-state index contributed by atoms with van der Waals surface area (Å²) in [5.74, 6) is 1.54. The molecule has 0 spiro atoms. The van der Waals surface area contributed by atoms with Crippen molar-refractivity contribution in [3.8, 4) is 11.5 Å². The maximum absolute atomic E-state index is 10.1. The van der Waals surface area contributed by atoms with Crippen molar-refractivity contribution in [1.29, 1.82) is 0 Å². The first kappa shape index (κ1) is 15.4. The van der Waals surface area contributed by atoms with Gasteiger partial charge < -0.3 is 15.2 Å². The van der Waals surface area contributed by atoms with E-state index in [0.717, 1.165) is 52.5 Å². The lowest BCUT2D eigenvalue weighted by Gasteiger charge is -2.27. The van der Waals surface area contributed by atoms with Crippen molar-refractivity contribution in [2.45, 2.75) is 37.8 Å². The molecule has 0 saturated heterocycles. The molecule has 1 aliphatic rings. The molecule has 2 N–H and O–H groups in total. The Kier molecular flexibility index (Phi) is 4.32. The smallest absolute Gasteiger partial charge is 0.184 e. The van der Waals surface area contributed by atoms with E-state index in [0.29, 0.717) is 0 Å². The average molecular weight is 341 g/mol. The summed E-state index contributed by atoms with van der Waals surface area (Å²) in [6.45, 7) is 0. The SMILES string of the molecule is O[C@@H]1CCCC[C@H]1Nc1nc2ccc(Oc3ccncc3)cc2s1. The van der Waals surface area contributed by atoms with Crippen LogP contribution in [0, 0.1) is 0 Å². The van der Waals surface area contributed by atoms with Gasteiger partial charge in [-0.25, -0.2) is 4.98 Å². The molecule has 24 heavy (non-hydrogen) atoms. The van der Waals surface area contributed by atoms with Crippen LogP contribution in [0.5, 0.6) is 11.5 Å². The van der Waals surface area contributed by atoms with Crippen LogP contribution in [0.15, 0.2) is 42.7 Å². The first-order valence-corrected chi connectivity index (χ1v) is 9.03. The van der Waals surface area contributed by atoms with Gasteiger partial charge in [0.05, 0.1) is 22.4 Å². The first-order valence-electron chi connectivity index (χ1n) is 8.21. The Morgan fingerprint density at radius 2 is 1.92 bits per heavy atom. The molecule has 5 nitrogen and oxygen atoms in total. The van der Waals surface area contributed by atoms with Gasteiger partial charge in [0, 0.05) is 18.5 Å². The number of nitrogens with one attached hydrogen (secondary N) is 1. The molecule has 1 aliphatic carbocycles. The van der Waals surface area contributed by atoms with Crippen LogP contribution in [-0.2, 0) is 0 Å². The lowest BCUT2D eigenvalue weighted by molar-refractivity contribution is 0.116. The van der Waals surface area contributed by atoms with Crippen LogP contribution in [0.25, 0.3) is 10.2 Å². The summed E-state index contributed by atoms with van der Waals surface area (Å²) in [4.78, 5) is 8.61. The summed E-state index contributed by atoms with van der Waals surface area (Å²) in [5.41, 5.74) is 0.940. The minimum atomic E-state index is -0.281. The molecule has 124 valence electrons. The van der Waals surface area contributed by atoms with Crippen molar-refractivity contribution in [1.82, 2.24) is 9.97 Å². The molecule has 1 saturated carbocycles. The van der Waals surface area contributed by atoms with E-state index < -0.39 is 0 Å².